The van der Waals surface area contributed by atoms with Gasteiger partial charge in [-0.05, 0) is 24.3 Å². The first-order valence-electron chi connectivity index (χ1n) is 8.15. The second kappa shape index (κ2) is 8.09. The lowest BCUT2D eigenvalue weighted by atomic mass is 10.2. The van der Waals surface area contributed by atoms with Gasteiger partial charge in [0.05, 0.1) is 26.8 Å². The van der Waals surface area contributed by atoms with Crippen LogP contribution >= 0.6 is 0 Å². The second-order valence-electron chi connectivity index (χ2n) is 5.82. The van der Waals surface area contributed by atoms with Crippen molar-refractivity contribution in [2.24, 2.45) is 0 Å². The van der Waals surface area contributed by atoms with Crippen molar-refractivity contribution in [1.29, 1.82) is 0 Å². The molecule has 1 aromatic heterocycles. The van der Waals surface area contributed by atoms with E-state index >= 15 is 0 Å². The molecule has 25 heavy (non-hydrogen) atoms. The number of piperazine rings is 1. The van der Waals surface area contributed by atoms with E-state index in [1.807, 2.05) is 34.1 Å². The van der Waals surface area contributed by atoms with Gasteiger partial charge in [0.2, 0.25) is 17.6 Å². The molecule has 0 saturated carbocycles. The van der Waals surface area contributed by atoms with Crippen LogP contribution in [0, 0.1) is 0 Å². The highest BCUT2D eigenvalue weighted by molar-refractivity contribution is 5.79. The predicted molar refractivity (Wildman–Crippen MR) is 90.0 cm³/mol. The van der Waals surface area contributed by atoms with E-state index in [1.165, 1.54) is 0 Å². The van der Waals surface area contributed by atoms with Gasteiger partial charge in [-0.1, -0.05) is 5.16 Å². The summed E-state index contributed by atoms with van der Waals surface area (Å²) in [6, 6.07) is 7.46. The van der Waals surface area contributed by atoms with Crippen molar-refractivity contribution in [3.63, 3.8) is 0 Å². The summed E-state index contributed by atoms with van der Waals surface area (Å²) in [7, 11) is 3.26. The fourth-order valence-corrected chi connectivity index (χ4v) is 2.70. The van der Waals surface area contributed by atoms with E-state index < -0.39 is 0 Å². The van der Waals surface area contributed by atoms with Crippen molar-refractivity contribution in [1.82, 2.24) is 19.9 Å². The zero-order valence-corrected chi connectivity index (χ0v) is 14.5. The maximum Gasteiger partial charge on any atom is 0.241 e. The number of amides is 1. The minimum absolute atomic E-state index is 0.0955. The van der Waals surface area contributed by atoms with Gasteiger partial charge in [0.15, 0.2) is 0 Å². The number of ether oxygens (including phenoxy) is 2. The lowest BCUT2D eigenvalue weighted by Crippen LogP contribution is -2.50. The molecule has 1 fully saturated rings. The van der Waals surface area contributed by atoms with Crippen LogP contribution in [-0.2, 0) is 16.1 Å². The Morgan fingerprint density at radius 2 is 2.00 bits per heavy atom. The lowest BCUT2D eigenvalue weighted by molar-refractivity contribution is -0.137. The average Bonchev–Trinajstić information content (AvgIpc) is 3.09. The van der Waals surface area contributed by atoms with Gasteiger partial charge in [0.25, 0.3) is 0 Å². The molecular weight excluding hydrogens is 324 g/mol. The minimum atomic E-state index is 0.0955. The third-order valence-electron chi connectivity index (χ3n) is 4.14. The summed E-state index contributed by atoms with van der Waals surface area (Å²) in [4.78, 5) is 20.4. The molecule has 0 N–H and O–H groups in total. The molecule has 1 aliphatic heterocycles. The lowest BCUT2D eigenvalue weighted by Gasteiger charge is -2.33. The van der Waals surface area contributed by atoms with Crippen LogP contribution in [0.3, 0.4) is 0 Å². The zero-order valence-electron chi connectivity index (χ0n) is 14.5. The summed E-state index contributed by atoms with van der Waals surface area (Å²) in [5.74, 6) is 1.90. The van der Waals surface area contributed by atoms with E-state index in [2.05, 4.69) is 10.1 Å². The van der Waals surface area contributed by atoms with Crippen LogP contribution in [0.5, 0.6) is 5.75 Å². The summed E-state index contributed by atoms with van der Waals surface area (Å²) in [6.07, 6.45) is 0. The highest BCUT2D eigenvalue weighted by Gasteiger charge is 2.25. The van der Waals surface area contributed by atoms with Gasteiger partial charge in [0, 0.05) is 32.3 Å². The number of carbonyl (C=O) groups excluding carboxylic acids is 1. The standard InChI is InChI=1S/C17H22N4O4/c1-23-10-9-21-8-7-20(12-16(21)22)11-15-18-17(19-25-15)13-3-5-14(24-2)6-4-13/h3-6H,7-12H2,1-2H3. The fourth-order valence-electron chi connectivity index (χ4n) is 2.70. The molecule has 1 amide bonds. The highest BCUT2D eigenvalue weighted by atomic mass is 16.5. The molecule has 1 aliphatic rings. The third kappa shape index (κ3) is 4.34. The number of carbonyl (C=O) groups is 1. The van der Waals surface area contributed by atoms with Gasteiger partial charge in [-0.25, -0.2) is 0 Å². The Balaban J connectivity index is 1.57. The van der Waals surface area contributed by atoms with Crippen molar-refractivity contribution in [2.75, 3.05) is 47.0 Å². The molecule has 0 spiro atoms. The van der Waals surface area contributed by atoms with Crippen LogP contribution in [0.25, 0.3) is 11.4 Å². The van der Waals surface area contributed by atoms with Crippen molar-refractivity contribution >= 4 is 5.91 Å². The predicted octanol–water partition coefficient (Wildman–Crippen LogP) is 1.04. The summed E-state index contributed by atoms with van der Waals surface area (Å²) < 4.78 is 15.5. The molecule has 134 valence electrons. The summed E-state index contributed by atoms with van der Waals surface area (Å²) in [5, 5.41) is 4.02. The van der Waals surface area contributed by atoms with Gasteiger partial charge in [-0.15, -0.1) is 0 Å². The summed E-state index contributed by atoms with van der Waals surface area (Å²) in [6.45, 7) is 3.46. The summed E-state index contributed by atoms with van der Waals surface area (Å²) in [5.41, 5.74) is 0.858. The number of nitrogens with zero attached hydrogens (tertiary/aromatic N) is 4. The first-order chi connectivity index (χ1) is 12.2. The number of rotatable bonds is 7. The molecule has 0 aliphatic carbocycles. The largest absolute Gasteiger partial charge is 0.497 e. The van der Waals surface area contributed by atoms with Crippen molar-refractivity contribution in [2.45, 2.75) is 6.54 Å². The molecule has 0 bridgehead atoms. The van der Waals surface area contributed by atoms with E-state index in [0.29, 0.717) is 44.5 Å². The molecule has 1 saturated heterocycles. The van der Waals surface area contributed by atoms with E-state index in [9.17, 15) is 4.79 Å². The van der Waals surface area contributed by atoms with Crippen LogP contribution in [0.15, 0.2) is 28.8 Å². The maximum atomic E-state index is 12.1. The monoisotopic (exact) mass is 346 g/mol. The molecule has 2 aromatic rings. The molecule has 1 aromatic carbocycles. The third-order valence-corrected chi connectivity index (χ3v) is 4.14. The Morgan fingerprint density at radius 3 is 2.68 bits per heavy atom. The second-order valence-corrected chi connectivity index (χ2v) is 5.82. The van der Waals surface area contributed by atoms with E-state index in [4.69, 9.17) is 14.0 Å². The van der Waals surface area contributed by atoms with Crippen molar-refractivity contribution < 1.29 is 18.8 Å². The van der Waals surface area contributed by atoms with Crippen LogP contribution < -0.4 is 4.74 Å². The number of hydrogen-bond donors (Lipinski definition) is 0. The van der Waals surface area contributed by atoms with Gasteiger partial charge < -0.3 is 18.9 Å². The molecule has 0 atom stereocenters. The SMILES string of the molecule is COCCN1CCN(Cc2nc(-c3ccc(OC)cc3)no2)CC1=O. The molecule has 3 rings (SSSR count). The Kier molecular flexibility index (Phi) is 5.62. The average molecular weight is 346 g/mol. The van der Waals surface area contributed by atoms with Crippen LogP contribution in [-0.4, -0.2) is 72.9 Å². The minimum Gasteiger partial charge on any atom is -0.497 e. The first kappa shape index (κ1) is 17.4. The molecular formula is C17H22N4O4. The van der Waals surface area contributed by atoms with E-state index in [-0.39, 0.29) is 5.91 Å². The van der Waals surface area contributed by atoms with Gasteiger partial charge in [-0.3, -0.25) is 9.69 Å². The van der Waals surface area contributed by atoms with Crippen molar-refractivity contribution in [3.8, 4) is 17.1 Å². The van der Waals surface area contributed by atoms with Gasteiger partial charge in [-0.2, -0.15) is 4.98 Å². The van der Waals surface area contributed by atoms with Crippen molar-refractivity contribution in [3.05, 3.63) is 30.2 Å². The quantitative estimate of drug-likeness (QED) is 0.741. The smallest absolute Gasteiger partial charge is 0.241 e. The highest BCUT2D eigenvalue weighted by Crippen LogP contribution is 2.20. The number of methoxy groups -OCH3 is 2. The molecule has 2 heterocycles. The molecule has 8 nitrogen and oxygen atoms in total. The van der Waals surface area contributed by atoms with Gasteiger partial charge >= 0.3 is 0 Å². The summed E-state index contributed by atoms with van der Waals surface area (Å²) >= 11 is 0. The Labute approximate surface area is 146 Å². The zero-order chi connectivity index (χ0) is 17.6. The van der Waals surface area contributed by atoms with Crippen LogP contribution in [0.2, 0.25) is 0 Å². The number of aromatic nitrogens is 2. The topological polar surface area (TPSA) is 80.9 Å². The normalized spacial score (nSPS) is 15.6. The molecule has 0 radical (unpaired) electrons. The Morgan fingerprint density at radius 1 is 1.20 bits per heavy atom. The fraction of sp³-hybridized carbons (Fsp3) is 0.471. The molecule has 0 unspecified atom stereocenters. The van der Waals surface area contributed by atoms with Crippen LogP contribution in [0.4, 0.5) is 0 Å². The molecule has 8 heteroatoms. The first-order valence-corrected chi connectivity index (χ1v) is 8.15. The van der Waals surface area contributed by atoms with E-state index in [1.54, 1.807) is 14.2 Å². The van der Waals surface area contributed by atoms with E-state index in [0.717, 1.165) is 17.9 Å². The van der Waals surface area contributed by atoms with Gasteiger partial charge in [0.1, 0.15) is 5.75 Å². The number of benzene rings is 1. The number of hydrogen-bond acceptors (Lipinski definition) is 7. The Bertz CT molecular complexity index is 701. The van der Waals surface area contributed by atoms with Crippen LogP contribution in [0.1, 0.15) is 5.89 Å². The Hall–Kier alpha value is -2.45. The maximum absolute atomic E-state index is 12.1.